The van der Waals surface area contributed by atoms with Crippen molar-refractivity contribution >= 4 is 51.3 Å². The molecular weight excluding hydrogens is 455 g/mol. The fourth-order valence-corrected chi connectivity index (χ4v) is 4.75. The van der Waals surface area contributed by atoms with Gasteiger partial charge in [-0.25, -0.2) is 4.98 Å². The molecule has 31 heavy (non-hydrogen) atoms. The number of carbonyl (C=O) groups is 1. The molecule has 3 aromatic heterocycles. The van der Waals surface area contributed by atoms with E-state index in [1.165, 1.54) is 9.75 Å². The molecular formula is C22H18Cl2N4O2S. The lowest BCUT2D eigenvalue weighted by Crippen LogP contribution is -2.24. The quantitative estimate of drug-likeness (QED) is 0.406. The normalized spacial score (nSPS) is 11.1. The van der Waals surface area contributed by atoms with Gasteiger partial charge in [0.25, 0.3) is 5.91 Å². The number of fused-ring (bicyclic) bond motifs is 1. The molecule has 1 amide bonds. The minimum Gasteiger partial charge on any atom is -0.504 e. The Labute approximate surface area is 192 Å². The lowest BCUT2D eigenvalue weighted by Gasteiger charge is -2.11. The number of rotatable bonds is 6. The molecule has 0 aliphatic rings. The van der Waals surface area contributed by atoms with Crippen molar-refractivity contribution in [2.75, 3.05) is 0 Å². The summed E-state index contributed by atoms with van der Waals surface area (Å²) in [4.78, 5) is 19.8. The third kappa shape index (κ3) is 4.95. The summed E-state index contributed by atoms with van der Waals surface area (Å²) in [5, 5.41) is 22.9. The summed E-state index contributed by atoms with van der Waals surface area (Å²) in [6.45, 7) is 2.25. The van der Waals surface area contributed by atoms with Crippen LogP contribution in [0.5, 0.6) is 5.75 Å². The monoisotopic (exact) mass is 472 g/mol. The van der Waals surface area contributed by atoms with E-state index in [-0.39, 0.29) is 23.5 Å². The molecule has 9 heteroatoms. The van der Waals surface area contributed by atoms with E-state index in [2.05, 4.69) is 39.6 Å². The number of benzene rings is 1. The summed E-state index contributed by atoms with van der Waals surface area (Å²) < 4.78 is 0. The largest absolute Gasteiger partial charge is 0.504 e. The molecule has 0 unspecified atom stereocenters. The minimum atomic E-state index is -0.519. The number of hydrogen-bond donors (Lipinski definition) is 2. The predicted molar refractivity (Wildman–Crippen MR) is 123 cm³/mol. The Morgan fingerprint density at radius 3 is 2.61 bits per heavy atom. The Morgan fingerprint density at radius 1 is 1.13 bits per heavy atom. The molecule has 0 aliphatic carbocycles. The second-order valence-corrected chi connectivity index (χ2v) is 9.27. The molecule has 6 nitrogen and oxygen atoms in total. The molecule has 1 aromatic carbocycles. The maximum Gasteiger partial charge on any atom is 0.274 e. The van der Waals surface area contributed by atoms with Gasteiger partial charge in [0.2, 0.25) is 0 Å². The molecule has 0 bridgehead atoms. The van der Waals surface area contributed by atoms with Gasteiger partial charge in [0.1, 0.15) is 5.52 Å². The molecule has 0 radical (unpaired) electrons. The maximum absolute atomic E-state index is 12.8. The molecule has 0 atom stereocenters. The first kappa shape index (κ1) is 21.5. The Hall–Kier alpha value is -2.74. The number of thiophene rings is 1. The molecule has 0 saturated heterocycles. The molecule has 4 rings (SSSR count). The molecule has 158 valence electrons. The SMILES string of the molecule is Cc1ccc(CCc2nc(C(=O)NCc3cc(Cl)cc(Cl)c3)c(O)c3nnccc23)s1. The molecule has 4 aromatic rings. The third-order valence-electron chi connectivity index (χ3n) is 4.72. The van der Waals surface area contributed by atoms with E-state index in [1.807, 2.05) is 0 Å². The second-order valence-electron chi connectivity index (χ2n) is 7.02. The van der Waals surface area contributed by atoms with Gasteiger partial charge in [-0.15, -0.1) is 16.4 Å². The van der Waals surface area contributed by atoms with Crippen LogP contribution >= 0.6 is 34.5 Å². The van der Waals surface area contributed by atoms with Gasteiger partial charge in [-0.1, -0.05) is 23.2 Å². The number of amides is 1. The Morgan fingerprint density at radius 2 is 1.90 bits per heavy atom. The van der Waals surface area contributed by atoms with E-state index < -0.39 is 5.91 Å². The molecule has 0 saturated carbocycles. The van der Waals surface area contributed by atoms with Crippen molar-refractivity contribution in [1.82, 2.24) is 20.5 Å². The number of aromatic hydroxyl groups is 1. The predicted octanol–water partition coefficient (Wildman–Crippen LogP) is 5.12. The van der Waals surface area contributed by atoms with E-state index in [1.54, 1.807) is 41.8 Å². The van der Waals surface area contributed by atoms with Crippen LogP contribution in [0, 0.1) is 6.92 Å². The Balaban J connectivity index is 1.61. The van der Waals surface area contributed by atoms with Crippen molar-refractivity contribution in [1.29, 1.82) is 0 Å². The molecule has 0 spiro atoms. The van der Waals surface area contributed by atoms with Crippen LogP contribution in [0.2, 0.25) is 10.0 Å². The lowest BCUT2D eigenvalue weighted by molar-refractivity contribution is 0.0943. The van der Waals surface area contributed by atoms with Crippen molar-refractivity contribution in [2.24, 2.45) is 0 Å². The summed E-state index contributed by atoms with van der Waals surface area (Å²) in [5.41, 5.74) is 1.59. The zero-order valence-electron chi connectivity index (χ0n) is 16.5. The highest BCUT2D eigenvalue weighted by Gasteiger charge is 2.20. The average molecular weight is 473 g/mol. The number of halogens is 2. The fraction of sp³-hybridized carbons (Fsp3) is 0.182. The van der Waals surface area contributed by atoms with Crippen LogP contribution in [0.15, 0.2) is 42.6 Å². The number of aryl methyl sites for hydroxylation is 3. The van der Waals surface area contributed by atoms with E-state index in [0.717, 1.165) is 12.0 Å². The van der Waals surface area contributed by atoms with Crippen molar-refractivity contribution in [3.8, 4) is 5.75 Å². The van der Waals surface area contributed by atoms with Gasteiger partial charge in [0.05, 0.1) is 11.9 Å². The first-order chi connectivity index (χ1) is 14.9. The highest BCUT2D eigenvalue weighted by atomic mass is 35.5. The van der Waals surface area contributed by atoms with Gasteiger partial charge in [0, 0.05) is 31.7 Å². The Bertz CT molecular complexity index is 1260. The van der Waals surface area contributed by atoms with E-state index in [9.17, 15) is 9.90 Å². The second kappa shape index (κ2) is 9.18. The standard InChI is InChI=1S/C22H18Cl2N4O2S/c1-12-2-3-16(31-12)4-5-18-17-6-7-26-28-19(17)21(29)20(27-18)22(30)25-11-13-8-14(23)10-15(24)9-13/h2-3,6-10,29H,4-5,11H2,1H3,(H,25,30). The van der Waals surface area contributed by atoms with Gasteiger partial charge in [0.15, 0.2) is 11.4 Å². The number of aromatic nitrogens is 3. The van der Waals surface area contributed by atoms with Crippen molar-refractivity contribution < 1.29 is 9.90 Å². The summed E-state index contributed by atoms with van der Waals surface area (Å²) in [7, 11) is 0. The summed E-state index contributed by atoms with van der Waals surface area (Å²) in [6, 6.07) is 11.0. The molecule has 0 aliphatic heterocycles. The van der Waals surface area contributed by atoms with Crippen LogP contribution in [0.3, 0.4) is 0 Å². The third-order valence-corrected chi connectivity index (χ3v) is 6.22. The average Bonchev–Trinajstić information content (AvgIpc) is 3.16. The van der Waals surface area contributed by atoms with E-state index in [4.69, 9.17) is 23.2 Å². The number of carbonyl (C=O) groups excluding carboxylic acids is 1. The summed E-state index contributed by atoms with van der Waals surface area (Å²) in [6.07, 6.45) is 2.92. The fourth-order valence-electron chi connectivity index (χ4n) is 3.29. The highest BCUT2D eigenvalue weighted by Crippen LogP contribution is 2.29. The molecule has 2 N–H and O–H groups in total. The van der Waals surface area contributed by atoms with Gasteiger partial charge >= 0.3 is 0 Å². The van der Waals surface area contributed by atoms with Crippen LogP contribution in [-0.2, 0) is 19.4 Å². The highest BCUT2D eigenvalue weighted by molar-refractivity contribution is 7.11. The first-order valence-corrected chi connectivity index (χ1v) is 11.1. The van der Waals surface area contributed by atoms with Crippen LogP contribution in [0.25, 0.3) is 10.9 Å². The van der Waals surface area contributed by atoms with Crippen LogP contribution < -0.4 is 5.32 Å². The van der Waals surface area contributed by atoms with E-state index >= 15 is 0 Å². The van der Waals surface area contributed by atoms with Gasteiger partial charge in [-0.2, -0.15) is 5.10 Å². The van der Waals surface area contributed by atoms with Crippen molar-refractivity contribution in [3.63, 3.8) is 0 Å². The van der Waals surface area contributed by atoms with Crippen LogP contribution in [0.1, 0.15) is 31.5 Å². The zero-order valence-corrected chi connectivity index (χ0v) is 18.9. The lowest BCUT2D eigenvalue weighted by atomic mass is 10.1. The van der Waals surface area contributed by atoms with E-state index in [0.29, 0.717) is 27.5 Å². The summed E-state index contributed by atoms with van der Waals surface area (Å²) >= 11 is 13.8. The van der Waals surface area contributed by atoms with Gasteiger partial charge in [-0.3, -0.25) is 4.79 Å². The van der Waals surface area contributed by atoms with Gasteiger partial charge < -0.3 is 10.4 Å². The number of nitrogens with one attached hydrogen (secondary N) is 1. The summed E-state index contributed by atoms with van der Waals surface area (Å²) in [5.74, 6) is -0.810. The van der Waals surface area contributed by atoms with Crippen molar-refractivity contribution in [3.05, 3.63) is 79.3 Å². The topological polar surface area (TPSA) is 88.0 Å². The number of hydrogen-bond acceptors (Lipinski definition) is 6. The first-order valence-electron chi connectivity index (χ1n) is 9.52. The molecule has 3 heterocycles. The number of pyridine rings is 1. The van der Waals surface area contributed by atoms with Crippen molar-refractivity contribution in [2.45, 2.75) is 26.3 Å². The number of nitrogens with zero attached hydrogens (tertiary/aromatic N) is 3. The van der Waals surface area contributed by atoms with Gasteiger partial charge in [-0.05, 0) is 61.7 Å². The molecule has 0 fully saturated rings. The Kier molecular flexibility index (Phi) is 6.36. The zero-order chi connectivity index (χ0) is 22.0. The minimum absolute atomic E-state index is 0.0847. The maximum atomic E-state index is 12.8. The smallest absolute Gasteiger partial charge is 0.274 e. The van der Waals surface area contributed by atoms with Crippen LogP contribution in [-0.4, -0.2) is 26.2 Å². The van der Waals surface area contributed by atoms with Crippen LogP contribution in [0.4, 0.5) is 0 Å².